The van der Waals surface area contributed by atoms with Gasteiger partial charge in [-0.1, -0.05) is 13.3 Å². The molecule has 1 heterocycles. The van der Waals surface area contributed by atoms with Gasteiger partial charge < -0.3 is 9.84 Å². The van der Waals surface area contributed by atoms with Crippen molar-refractivity contribution in [1.82, 2.24) is 9.97 Å². The normalized spacial score (nSPS) is 13.2. The van der Waals surface area contributed by atoms with Gasteiger partial charge in [-0.2, -0.15) is 13.2 Å². The van der Waals surface area contributed by atoms with E-state index < -0.39 is 29.5 Å². The number of hydrogen-bond donors (Lipinski definition) is 1. The van der Waals surface area contributed by atoms with Crippen molar-refractivity contribution in [3.63, 3.8) is 0 Å². The van der Waals surface area contributed by atoms with Crippen molar-refractivity contribution in [3.8, 4) is 0 Å². The zero-order chi connectivity index (χ0) is 15.3. The van der Waals surface area contributed by atoms with Crippen LogP contribution in [0.15, 0.2) is 6.20 Å². The zero-order valence-electron chi connectivity index (χ0n) is 11.1. The average molecular weight is 292 g/mol. The second kappa shape index (κ2) is 6.65. The van der Waals surface area contributed by atoms with Crippen molar-refractivity contribution in [2.75, 3.05) is 6.61 Å². The van der Waals surface area contributed by atoms with Gasteiger partial charge in [0.25, 0.3) is 0 Å². The summed E-state index contributed by atoms with van der Waals surface area (Å²) in [6.45, 7) is 3.86. The Morgan fingerprint density at radius 1 is 1.45 bits per heavy atom. The largest absolute Gasteiger partial charge is 0.478 e. The van der Waals surface area contributed by atoms with Crippen molar-refractivity contribution in [3.05, 3.63) is 23.3 Å². The molecule has 1 atom stereocenters. The molecular formula is C12H15F3N2O3. The maximum absolute atomic E-state index is 12.8. The molecule has 0 bridgehead atoms. The summed E-state index contributed by atoms with van der Waals surface area (Å²) >= 11 is 0. The van der Waals surface area contributed by atoms with Crippen LogP contribution in [0.25, 0.3) is 0 Å². The van der Waals surface area contributed by atoms with Crippen LogP contribution in [0.3, 0.4) is 0 Å². The highest BCUT2D eigenvalue weighted by Crippen LogP contribution is 2.31. The van der Waals surface area contributed by atoms with Crippen molar-refractivity contribution >= 4 is 5.97 Å². The molecule has 0 aliphatic heterocycles. The second-order valence-electron chi connectivity index (χ2n) is 4.03. The van der Waals surface area contributed by atoms with Crippen LogP contribution in [0.4, 0.5) is 13.2 Å². The summed E-state index contributed by atoms with van der Waals surface area (Å²) in [7, 11) is 0. The topological polar surface area (TPSA) is 72.3 Å². The average Bonchev–Trinajstić information content (AvgIpc) is 2.36. The Morgan fingerprint density at radius 3 is 2.55 bits per heavy atom. The Labute approximate surface area is 113 Å². The molecule has 1 rings (SSSR count). The number of carbonyl (C=O) groups is 1. The Balaban J connectivity index is 3.27. The minimum absolute atomic E-state index is 0.147. The second-order valence-corrected chi connectivity index (χ2v) is 4.03. The highest BCUT2D eigenvalue weighted by Gasteiger charge is 2.38. The Kier molecular flexibility index (Phi) is 5.43. The SMILES string of the molecule is CCCC(OCC)c1ncc(C(=O)O)c(C(F)(F)F)n1. The Bertz CT molecular complexity index is 472. The highest BCUT2D eigenvalue weighted by atomic mass is 19.4. The Morgan fingerprint density at radius 2 is 2.10 bits per heavy atom. The third-order valence-electron chi connectivity index (χ3n) is 2.51. The third kappa shape index (κ3) is 3.89. The van der Waals surface area contributed by atoms with E-state index in [1.807, 2.05) is 6.92 Å². The summed E-state index contributed by atoms with van der Waals surface area (Å²) in [5.41, 5.74) is -2.41. The predicted octanol–water partition coefficient (Wildman–Crippen LogP) is 3.07. The van der Waals surface area contributed by atoms with Crippen molar-refractivity contribution in [2.45, 2.75) is 39.0 Å². The number of carboxylic acids is 1. The van der Waals surface area contributed by atoms with Gasteiger partial charge >= 0.3 is 12.1 Å². The van der Waals surface area contributed by atoms with Gasteiger partial charge in [0.05, 0.1) is 0 Å². The maximum atomic E-state index is 12.8. The highest BCUT2D eigenvalue weighted by molar-refractivity contribution is 5.88. The van der Waals surface area contributed by atoms with E-state index in [4.69, 9.17) is 9.84 Å². The number of rotatable bonds is 6. The molecule has 0 radical (unpaired) electrons. The van der Waals surface area contributed by atoms with Crippen LogP contribution in [-0.2, 0) is 10.9 Å². The zero-order valence-corrected chi connectivity index (χ0v) is 11.1. The lowest BCUT2D eigenvalue weighted by Gasteiger charge is -2.17. The van der Waals surface area contributed by atoms with Crippen LogP contribution < -0.4 is 0 Å². The summed E-state index contributed by atoms with van der Waals surface area (Å²) in [5, 5.41) is 8.75. The molecule has 0 saturated heterocycles. The van der Waals surface area contributed by atoms with E-state index in [2.05, 4.69) is 9.97 Å². The van der Waals surface area contributed by atoms with E-state index in [0.717, 1.165) is 0 Å². The summed E-state index contributed by atoms with van der Waals surface area (Å²) in [6.07, 6.45) is -3.72. The van der Waals surface area contributed by atoms with Gasteiger partial charge in [-0.25, -0.2) is 14.8 Å². The van der Waals surface area contributed by atoms with Crippen LogP contribution in [0.1, 0.15) is 54.7 Å². The third-order valence-corrected chi connectivity index (χ3v) is 2.51. The molecule has 8 heteroatoms. The number of aromatic nitrogens is 2. The van der Waals surface area contributed by atoms with E-state index in [9.17, 15) is 18.0 Å². The van der Waals surface area contributed by atoms with Crippen LogP contribution in [0.2, 0.25) is 0 Å². The number of halogens is 3. The van der Waals surface area contributed by atoms with Gasteiger partial charge in [-0.05, 0) is 13.3 Å². The maximum Gasteiger partial charge on any atom is 0.434 e. The molecule has 0 amide bonds. The smallest absolute Gasteiger partial charge is 0.434 e. The molecule has 0 aliphatic rings. The molecule has 5 nitrogen and oxygen atoms in total. The summed E-state index contributed by atoms with van der Waals surface area (Å²) in [6, 6.07) is 0. The summed E-state index contributed by atoms with van der Waals surface area (Å²) in [5.74, 6) is -1.86. The molecule has 0 aromatic carbocycles. The quantitative estimate of drug-likeness (QED) is 0.872. The molecule has 1 aromatic rings. The first kappa shape index (κ1) is 16.4. The molecule has 1 unspecified atom stereocenters. The number of aromatic carboxylic acids is 1. The van der Waals surface area contributed by atoms with Crippen molar-refractivity contribution in [2.24, 2.45) is 0 Å². The molecule has 0 aliphatic carbocycles. The number of carboxylic acid groups (broad SMARTS) is 1. The fraction of sp³-hybridized carbons (Fsp3) is 0.583. The number of nitrogens with zero attached hydrogens (tertiary/aromatic N) is 2. The summed E-state index contributed by atoms with van der Waals surface area (Å²) < 4.78 is 43.8. The van der Waals surface area contributed by atoms with Crippen LogP contribution in [0, 0.1) is 0 Å². The van der Waals surface area contributed by atoms with E-state index >= 15 is 0 Å². The molecule has 0 spiro atoms. The van der Waals surface area contributed by atoms with E-state index in [1.54, 1.807) is 6.92 Å². The lowest BCUT2D eigenvalue weighted by atomic mass is 10.1. The fourth-order valence-corrected chi connectivity index (χ4v) is 1.67. The van der Waals surface area contributed by atoms with Gasteiger partial charge in [0.2, 0.25) is 0 Å². The van der Waals surface area contributed by atoms with Crippen LogP contribution >= 0.6 is 0 Å². The van der Waals surface area contributed by atoms with E-state index in [1.165, 1.54) is 0 Å². The first-order valence-electron chi connectivity index (χ1n) is 6.10. The van der Waals surface area contributed by atoms with E-state index in [-0.39, 0.29) is 5.82 Å². The van der Waals surface area contributed by atoms with Crippen molar-refractivity contribution < 1.29 is 27.8 Å². The molecule has 112 valence electrons. The fourth-order valence-electron chi connectivity index (χ4n) is 1.67. The summed E-state index contributed by atoms with van der Waals surface area (Å²) in [4.78, 5) is 17.8. The standard InChI is InChI=1S/C12H15F3N2O3/c1-3-5-8(20-4-2)10-16-6-7(11(18)19)9(17-10)12(13,14)15/h6,8H,3-5H2,1-2H3,(H,18,19). The number of hydrogen-bond acceptors (Lipinski definition) is 4. The predicted molar refractivity (Wildman–Crippen MR) is 63.3 cm³/mol. The molecular weight excluding hydrogens is 277 g/mol. The lowest BCUT2D eigenvalue weighted by molar-refractivity contribution is -0.142. The molecule has 20 heavy (non-hydrogen) atoms. The van der Waals surface area contributed by atoms with E-state index in [0.29, 0.717) is 25.6 Å². The first-order chi connectivity index (χ1) is 9.31. The van der Waals surface area contributed by atoms with Gasteiger partial charge in [-0.3, -0.25) is 0 Å². The minimum Gasteiger partial charge on any atom is -0.478 e. The number of ether oxygens (including phenoxy) is 1. The van der Waals surface area contributed by atoms with Gasteiger partial charge in [0.15, 0.2) is 11.5 Å². The van der Waals surface area contributed by atoms with Crippen molar-refractivity contribution in [1.29, 1.82) is 0 Å². The van der Waals surface area contributed by atoms with Crippen LogP contribution in [0.5, 0.6) is 0 Å². The van der Waals surface area contributed by atoms with Gasteiger partial charge in [-0.15, -0.1) is 0 Å². The first-order valence-corrected chi connectivity index (χ1v) is 6.10. The molecule has 1 N–H and O–H groups in total. The van der Waals surface area contributed by atoms with Gasteiger partial charge in [0.1, 0.15) is 11.7 Å². The lowest BCUT2D eigenvalue weighted by Crippen LogP contribution is -2.19. The Hall–Kier alpha value is -1.70. The number of alkyl halides is 3. The van der Waals surface area contributed by atoms with Gasteiger partial charge in [0, 0.05) is 12.8 Å². The minimum atomic E-state index is -4.85. The molecule has 0 fully saturated rings. The molecule has 1 aromatic heterocycles. The molecule has 0 saturated carbocycles. The van der Waals surface area contributed by atoms with Crippen LogP contribution in [-0.4, -0.2) is 27.7 Å². The monoisotopic (exact) mass is 292 g/mol.